The van der Waals surface area contributed by atoms with Crippen LogP contribution in [0.1, 0.15) is 87.8 Å². The molecule has 1 nitrogen and oxygen atoms in total. The first-order chi connectivity index (χ1) is 15.3. The highest BCUT2D eigenvalue weighted by Crippen LogP contribution is 2.36. The van der Waals surface area contributed by atoms with Gasteiger partial charge in [0.05, 0.1) is 6.61 Å². The standard InChI is InChI=1S/C30H38O/c1-3-5-8-24-31-30-22-20-29(21-23-30)28-18-16-27(17-19-28)11-7-6-10-26-14-12-25(9-4-2)13-15-26/h7,11-15,20-23,27-28H,3-5,8-9,16-19,24H2,1-2H3. The number of rotatable bonds is 9. The molecule has 0 aromatic heterocycles. The SMILES string of the molecule is CCCCCOc1ccc(C2CCC(C=CC#Cc3ccc(CCC)cc3)CC2)cc1. The molecule has 1 aliphatic carbocycles. The van der Waals surface area contributed by atoms with Gasteiger partial charge in [-0.05, 0) is 91.8 Å². The van der Waals surface area contributed by atoms with Crippen LogP contribution in [0.4, 0.5) is 0 Å². The predicted octanol–water partition coefficient (Wildman–Crippen LogP) is 8.09. The summed E-state index contributed by atoms with van der Waals surface area (Å²) in [5.74, 6) is 8.86. The molecule has 31 heavy (non-hydrogen) atoms. The lowest BCUT2D eigenvalue weighted by Gasteiger charge is -2.27. The van der Waals surface area contributed by atoms with Gasteiger partial charge in [-0.3, -0.25) is 0 Å². The van der Waals surface area contributed by atoms with E-state index in [4.69, 9.17) is 4.74 Å². The molecule has 0 saturated heterocycles. The average molecular weight is 415 g/mol. The maximum atomic E-state index is 5.85. The molecule has 0 N–H and O–H groups in total. The Kier molecular flexibility index (Phi) is 9.78. The van der Waals surface area contributed by atoms with Crippen LogP contribution in [0.25, 0.3) is 0 Å². The molecule has 0 amide bonds. The molecular formula is C30H38O. The summed E-state index contributed by atoms with van der Waals surface area (Å²) < 4.78 is 5.85. The molecule has 3 rings (SSSR count). The molecule has 0 radical (unpaired) electrons. The number of aryl methyl sites for hydroxylation is 1. The van der Waals surface area contributed by atoms with E-state index < -0.39 is 0 Å². The third kappa shape index (κ3) is 7.95. The second-order valence-electron chi connectivity index (χ2n) is 8.81. The zero-order valence-electron chi connectivity index (χ0n) is 19.4. The highest BCUT2D eigenvalue weighted by molar-refractivity contribution is 5.38. The van der Waals surface area contributed by atoms with Gasteiger partial charge in [-0.2, -0.15) is 0 Å². The van der Waals surface area contributed by atoms with Gasteiger partial charge < -0.3 is 4.74 Å². The number of ether oxygens (including phenoxy) is 1. The van der Waals surface area contributed by atoms with Crippen molar-refractivity contribution in [1.82, 2.24) is 0 Å². The fourth-order valence-corrected chi connectivity index (χ4v) is 4.38. The normalized spacial score (nSPS) is 18.5. The molecule has 164 valence electrons. The molecule has 1 fully saturated rings. The summed E-state index contributed by atoms with van der Waals surface area (Å²) in [6.45, 7) is 5.27. The summed E-state index contributed by atoms with van der Waals surface area (Å²) in [6, 6.07) is 17.5. The first-order valence-electron chi connectivity index (χ1n) is 12.3. The van der Waals surface area contributed by atoms with Gasteiger partial charge in [0.15, 0.2) is 0 Å². The maximum Gasteiger partial charge on any atom is 0.119 e. The summed E-state index contributed by atoms with van der Waals surface area (Å²) in [5.41, 5.74) is 3.97. The molecule has 0 bridgehead atoms. The zero-order chi connectivity index (χ0) is 21.7. The van der Waals surface area contributed by atoms with E-state index in [0.29, 0.717) is 11.8 Å². The number of unbranched alkanes of at least 4 members (excludes halogenated alkanes) is 2. The number of benzene rings is 2. The van der Waals surface area contributed by atoms with E-state index in [0.717, 1.165) is 30.8 Å². The second kappa shape index (κ2) is 13.1. The molecule has 1 saturated carbocycles. The summed E-state index contributed by atoms with van der Waals surface area (Å²) >= 11 is 0. The van der Waals surface area contributed by atoms with Gasteiger partial charge >= 0.3 is 0 Å². The molecule has 0 spiro atoms. The van der Waals surface area contributed by atoms with Crippen LogP contribution >= 0.6 is 0 Å². The highest BCUT2D eigenvalue weighted by Gasteiger charge is 2.20. The van der Waals surface area contributed by atoms with Crippen molar-refractivity contribution in [3.8, 4) is 17.6 Å². The van der Waals surface area contributed by atoms with Gasteiger partial charge in [0.1, 0.15) is 5.75 Å². The van der Waals surface area contributed by atoms with Gasteiger partial charge in [0, 0.05) is 5.56 Å². The minimum absolute atomic E-state index is 0.665. The Morgan fingerprint density at radius 2 is 1.61 bits per heavy atom. The molecule has 0 aliphatic heterocycles. The van der Waals surface area contributed by atoms with E-state index in [1.807, 2.05) is 0 Å². The van der Waals surface area contributed by atoms with Crippen molar-refractivity contribution in [2.24, 2.45) is 5.92 Å². The van der Waals surface area contributed by atoms with Crippen LogP contribution in [0.2, 0.25) is 0 Å². The minimum atomic E-state index is 0.665. The van der Waals surface area contributed by atoms with Crippen LogP contribution in [0.3, 0.4) is 0 Å². The van der Waals surface area contributed by atoms with E-state index in [1.165, 1.54) is 56.1 Å². The van der Waals surface area contributed by atoms with Crippen molar-refractivity contribution in [3.05, 3.63) is 77.4 Å². The zero-order valence-corrected chi connectivity index (χ0v) is 19.4. The molecule has 2 aromatic carbocycles. The third-order valence-corrected chi connectivity index (χ3v) is 6.30. The van der Waals surface area contributed by atoms with Crippen LogP contribution in [-0.2, 0) is 6.42 Å². The Hall–Kier alpha value is -2.46. The first-order valence-corrected chi connectivity index (χ1v) is 12.3. The van der Waals surface area contributed by atoms with Crippen LogP contribution in [0.5, 0.6) is 5.75 Å². The molecular weight excluding hydrogens is 376 g/mol. The van der Waals surface area contributed by atoms with E-state index in [2.05, 4.69) is 86.4 Å². The Bertz CT molecular complexity index is 840. The van der Waals surface area contributed by atoms with Gasteiger partial charge in [-0.1, -0.05) is 75.3 Å². The Labute approximate surface area is 189 Å². The number of allylic oxidation sites excluding steroid dienone is 2. The van der Waals surface area contributed by atoms with E-state index in [-0.39, 0.29) is 0 Å². The van der Waals surface area contributed by atoms with Crippen molar-refractivity contribution in [2.45, 2.75) is 77.6 Å². The lowest BCUT2D eigenvalue weighted by molar-refractivity contribution is 0.306. The van der Waals surface area contributed by atoms with E-state index in [1.54, 1.807) is 0 Å². The fourth-order valence-electron chi connectivity index (χ4n) is 4.38. The quantitative estimate of drug-likeness (QED) is 0.297. The van der Waals surface area contributed by atoms with Crippen molar-refractivity contribution in [1.29, 1.82) is 0 Å². The van der Waals surface area contributed by atoms with Crippen molar-refractivity contribution in [3.63, 3.8) is 0 Å². The molecule has 1 aliphatic rings. The highest BCUT2D eigenvalue weighted by atomic mass is 16.5. The average Bonchev–Trinajstić information content (AvgIpc) is 2.82. The summed E-state index contributed by atoms with van der Waals surface area (Å²) in [7, 11) is 0. The maximum absolute atomic E-state index is 5.85. The van der Waals surface area contributed by atoms with Crippen LogP contribution < -0.4 is 4.74 Å². The lowest BCUT2D eigenvalue weighted by atomic mass is 9.78. The molecule has 1 heteroatoms. The van der Waals surface area contributed by atoms with Crippen molar-refractivity contribution >= 4 is 0 Å². The van der Waals surface area contributed by atoms with Crippen molar-refractivity contribution < 1.29 is 4.74 Å². The predicted molar refractivity (Wildman–Crippen MR) is 133 cm³/mol. The summed E-state index contributed by atoms with van der Waals surface area (Å²) in [5, 5.41) is 0. The van der Waals surface area contributed by atoms with Gasteiger partial charge in [0.25, 0.3) is 0 Å². The largest absolute Gasteiger partial charge is 0.494 e. The minimum Gasteiger partial charge on any atom is -0.494 e. The Morgan fingerprint density at radius 1 is 0.871 bits per heavy atom. The third-order valence-electron chi connectivity index (χ3n) is 6.30. The number of hydrogen-bond acceptors (Lipinski definition) is 1. The second-order valence-corrected chi connectivity index (χ2v) is 8.81. The number of hydrogen-bond donors (Lipinski definition) is 0. The molecule has 0 atom stereocenters. The van der Waals surface area contributed by atoms with Gasteiger partial charge in [-0.15, -0.1) is 0 Å². The van der Waals surface area contributed by atoms with Crippen LogP contribution in [-0.4, -0.2) is 6.61 Å². The van der Waals surface area contributed by atoms with Gasteiger partial charge in [0.2, 0.25) is 0 Å². The monoisotopic (exact) mass is 414 g/mol. The molecule has 2 aromatic rings. The molecule has 0 heterocycles. The van der Waals surface area contributed by atoms with Crippen molar-refractivity contribution in [2.75, 3.05) is 6.61 Å². The lowest BCUT2D eigenvalue weighted by Crippen LogP contribution is -2.11. The van der Waals surface area contributed by atoms with Gasteiger partial charge in [-0.25, -0.2) is 0 Å². The van der Waals surface area contributed by atoms with Crippen LogP contribution in [0, 0.1) is 17.8 Å². The van der Waals surface area contributed by atoms with E-state index in [9.17, 15) is 0 Å². The Morgan fingerprint density at radius 3 is 2.29 bits per heavy atom. The summed E-state index contributed by atoms with van der Waals surface area (Å²) in [6.07, 6.45) is 15.4. The smallest absolute Gasteiger partial charge is 0.119 e. The van der Waals surface area contributed by atoms with E-state index >= 15 is 0 Å². The fraction of sp³-hybridized carbons (Fsp3) is 0.467. The van der Waals surface area contributed by atoms with Crippen LogP contribution in [0.15, 0.2) is 60.7 Å². The Balaban J connectivity index is 1.41. The topological polar surface area (TPSA) is 9.23 Å². The summed E-state index contributed by atoms with van der Waals surface area (Å²) in [4.78, 5) is 0. The first kappa shape index (κ1) is 23.2. The molecule has 0 unspecified atom stereocenters.